The maximum absolute atomic E-state index is 12.3. The molecule has 144 valence electrons. The van der Waals surface area contributed by atoms with Crippen LogP contribution >= 0.6 is 11.6 Å². The highest BCUT2D eigenvalue weighted by Crippen LogP contribution is 2.31. The van der Waals surface area contributed by atoms with Gasteiger partial charge in [0.1, 0.15) is 5.75 Å². The van der Waals surface area contributed by atoms with Crippen LogP contribution in [0.25, 0.3) is 0 Å². The summed E-state index contributed by atoms with van der Waals surface area (Å²) in [6, 6.07) is 8.64. The van der Waals surface area contributed by atoms with Crippen LogP contribution in [0.3, 0.4) is 0 Å². The summed E-state index contributed by atoms with van der Waals surface area (Å²) in [5, 5.41) is 10.8. The van der Waals surface area contributed by atoms with Crippen molar-refractivity contribution in [3.63, 3.8) is 0 Å². The molecule has 0 atom stereocenters. The van der Waals surface area contributed by atoms with Gasteiger partial charge >= 0.3 is 12.3 Å². The monoisotopic (exact) mass is 400 g/mol. The molecule has 5 nitrogen and oxygen atoms in total. The van der Waals surface area contributed by atoms with E-state index in [0.29, 0.717) is 22.4 Å². The van der Waals surface area contributed by atoms with Gasteiger partial charge in [0.05, 0.1) is 17.7 Å². The van der Waals surface area contributed by atoms with Crippen molar-refractivity contribution in [2.24, 2.45) is 0 Å². The molecule has 27 heavy (non-hydrogen) atoms. The van der Waals surface area contributed by atoms with E-state index in [1.54, 1.807) is 19.1 Å². The number of rotatable bonds is 6. The number of esters is 1. The second-order valence-electron chi connectivity index (χ2n) is 5.54. The van der Waals surface area contributed by atoms with E-state index >= 15 is 0 Å². The van der Waals surface area contributed by atoms with E-state index in [-0.39, 0.29) is 17.3 Å². The molecule has 2 rings (SSSR count). The van der Waals surface area contributed by atoms with Gasteiger partial charge in [-0.25, -0.2) is 4.79 Å². The molecule has 0 amide bonds. The Kier molecular flexibility index (Phi) is 6.32. The maximum atomic E-state index is 12.3. The van der Waals surface area contributed by atoms with Gasteiger partial charge in [-0.15, -0.1) is 13.2 Å². The van der Waals surface area contributed by atoms with E-state index in [2.05, 4.69) is 14.8 Å². The fraction of sp³-hybridized carbons (Fsp3) is 0.222. The van der Waals surface area contributed by atoms with Gasteiger partial charge in [-0.3, -0.25) is 0 Å². The molecule has 0 aliphatic rings. The lowest BCUT2D eigenvalue weighted by atomic mass is 10.0. The van der Waals surface area contributed by atoms with Crippen LogP contribution in [0, 0.1) is 5.41 Å². The van der Waals surface area contributed by atoms with Gasteiger partial charge < -0.3 is 20.2 Å². The number of hydrogen-bond acceptors (Lipinski definition) is 5. The third kappa shape index (κ3) is 5.62. The topological polar surface area (TPSA) is 71.4 Å². The average Bonchev–Trinajstić information content (AvgIpc) is 2.60. The standard InChI is InChI=1S/C18H16ClF3N2O3/c1-10(23)13-8-12(17(25)26-2)4-5-15(13)24-9-11-3-6-16(14(19)7-11)27-18(20,21)22/h3-8,23-24H,9H2,1-2H3. The SMILES string of the molecule is COC(=O)c1ccc(NCc2ccc(OC(F)(F)F)c(Cl)c2)c(C(C)=N)c1. The molecule has 0 fully saturated rings. The number of carbonyl (C=O) groups excluding carboxylic acids is 1. The summed E-state index contributed by atoms with van der Waals surface area (Å²) in [4.78, 5) is 11.6. The van der Waals surface area contributed by atoms with Crippen molar-refractivity contribution in [1.29, 1.82) is 5.41 Å². The van der Waals surface area contributed by atoms with Crippen LogP contribution in [0.15, 0.2) is 36.4 Å². The number of anilines is 1. The zero-order valence-corrected chi connectivity index (χ0v) is 15.2. The van der Waals surface area contributed by atoms with Crippen LogP contribution in [-0.4, -0.2) is 25.2 Å². The van der Waals surface area contributed by atoms with E-state index in [9.17, 15) is 18.0 Å². The summed E-state index contributed by atoms with van der Waals surface area (Å²) in [7, 11) is 1.27. The highest BCUT2D eigenvalue weighted by atomic mass is 35.5. The first-order valence-electron chi connectivity index (χ1n) is 7.66. The summed E-state index contributed by atoms with van der Waals surface area (Å²) in [6.07, 6.45) is -4.82. The number of alkyl halides is 3. The number of nitrogens with one attached hydrogen (secondary N) is 2. The second-order valence-corrected chi connectivity index (χ2v) is 5.95. The number of hydrogen-bond donors (Lipinski definition) is 2. The summed E-state index contributed by atoms with van der Waals surface area (Å²) >= 11 is 5.83. The average molecular weight is 401 g/mol. The second kappa shape index (κ2) is 8.30. The normalized spacial score (nSPS) is 11.0. The van der Waals surface area contributed by atoms with Crippen molar-refractivity contribution in [3.05, 3.63) is 58.1 Å². The first kappa shape index (κ1) is 20.6. The summed E-state index contributed by atoms with van der Waals surface area (Å²) in [5.74, 6) is -0.998. The van der Waals surface area contributed by atoms with E-state index in [1.807, 2.05) is 0 Å². The first-order chi connectivity index (χ1) is 12.6. The molecule has 0 aliphatic carbocycles. The van der Waals surface area contributed by atoms with Crippen molar-refractivity contribution < 1.29 is 27.4 Å². The first-order valence-corrected chi connectivity index (χ1v) is 8.04. The van der Waals surface area contributed by atoms with Crippen molar-refractivity contribution in [2.75, 3.05) is 12.4 Å². The van der Waals surface area contributed by atoms with Crippen LogP contribution in [0.4, 0.5) is 18.9 Å². The van der Waals surface area contributed by atoms with Gasteiger partial charge in [0.25, 0.3) is 0 Å². The van der Waals surface area contributed by atoms with Gasteiger partial charge in [0.2, 0.25) is 0 Å². The largest absolute Gasteiger partial charge is 0.573 e. The summed E-state index contributed by atoms with van der Waals surface area (Å²) in [5.41, 5.74) is 2.24. The fourth-order valence-electron chi connectivity index (χ4n) is 2.31. The Morgan fingerprint density at radius 1 is 1.22 bits per heavy atom. The molecule has 2 N–H and O–H groups in total. The molecule has 0 saturated heterocycles. The molecule has 0 bridgehead atoms. The Balaban J connectivity index is 2.17. The van der Waals surface area contributed by atoms with Gasteiger partial charge in [-0.05, 0) is 42.8 Å². The Morgan fingerprint density at radius 3 is 2.48 bits per heavy atom. The third-order valence-electron chi connectivity index (χ3n) is 3.55. The molecule has 0 spiro atoms. The van der Waals surface area contributed by atoms with Gasteiger partial charge in [0, 0.05) is 23.5 Å². The predicted octanol–water partition coefficient (Wildman–Crippen LogP) is 5.03. The number of ether oxygens (including phenoxy) is 2. The van der Waals surface area contributed by atoms with Crippen LogP contribution in [-0.2, 0) is 11.3 Å². The molecule has 0 aliphatic heterocycles. The van der Waals surface area contributed by atoms with Crippen molar-refractivity contribution in [3.8, 4) is 5.75 Å². The van der Waals surface area contributed by atoms with Gasteiger partial charge in [0.15, 0.2) is 0 Å². The molecule has 0 unspecified atom stereocenters. The van der Waals surface area contributed by atoms with E-state index in [1.165, 1.54) is 25.3 Å². The molecule has 0 radical (unpaired) electrons. The smallest absolute Gasteiger partial charge is 0.465 e. The Hall–Kier alpha value is -2.74. The van der Waals surface area contributed by atoms with E-state index in [4.69, 9.17) is 17.0 Å². The zero-order chi connectivity index (χ0) is 20.2. The minimum atomic E-state index is -4.82. The van der Waals surface area contributed by atoms with Crippen LogP contribution in [0.1, 0.15) is 28.4 Å². The maximum Gasteiger partial charge on any atom is 0.573 e. The van der Waals surface area contributed by atoms with Crippen molar-refractivity contribution >= 4 is 29.0 Å². The van der Waals surface area contributed by atoms with Crippen LogP contribution < -0.4 is 10.1 Å². The minimum absolute atomic E-state index is 0.170. The van der Waals surface area contributed by atoms with E-state index in [0.717, 1.165) is 6.07 Å². The van der Waals surface area contributed by atoms with E-state index < -0.39 is 18.1 Å². The Bertz CT molecular complexity index is 869. The molecule has 0 aromatic heterocycles. The molecular weight excluding hydrogens is 385 g/mol. The van der Waals surface area contributed by atoms with Gasteiger partial charge in [-0.1, -0.05) is 17.7 Å². The van der Waals surface area contributed by atoms with Crippen molar-refractivity contribution in [2.45, 2.75) is 19.8 Å². The van der Waals surface area contributed by atoms with Crippen molar-refractivity contribution in [1.82, 2.24) is 0 Å². The lowest BCUT2D eigenvalue weighted by Gasteiger charge is -2.14. The molecule has 0 heterocycles. The quantitative estimate of drug-likeness (QED) is 0.527. The molecule has 0 saturated carbocycles. The minimum Gasteiger partial charge on any atom is -0.465 e. The lowest BCUT2D eigenvalue weighted by Crippen LogP contribution is -2.17. The highest BCUT2D eigenvalue weighted by Gasteiger charge is 2.32. The fourth-order valence-corrected chi connectivity index (χ4v) is 2.55. The highest BCUT2D eigenvalue weighted by molar-refractivity contribution is 6.32. The Labute approximate surface area is 158 Å². The summed E-state index contributed by atoms with van der Waals surface area (Å²) in [6.45, 7) is 1.81. The zero-order valence-electron chi connectivity index (χ0n) is 14.4. The molecular formula is C18H16ClF3N2O3. The number of benzene rings is 2. The number of methoxy groups -OCH3 is 1. The third-order valence-corrected chi connectivity index (χ3v) is 3.84. The predicted molar refractivity (Wildman–Crippen MR) is 95.7 cm³/mol. The van der Waals surface area contributed by atoms with Crippen LogP contribution in [0.2, 0.25) is 5.02 Å². The number of carbonyl (C=O) groups is 1. The lowest BCUT2D eigenvalue weighted by molar-refractivity contribution is -0.274. The van der Waals surface area contributed by atoms with Gasteiger partial charge in [-0.2, -0.15) is 0 Å². The summed E-state index contributed by atoms with van der Waals surface area (Å²) < 4.78 is 45.3. The number of halogens is 4. The molecule has 2 aromatic rings. The molecule has 2 aromatic carbocycles. The Morgan fingerprint density at radius 2 is 1.93 bits per heavy atom. The van der Waals surface area contributed by atoms with Crippen LogP contribution in [0.5, 0.6) is 5.75 Å². The molecule has 9 heteroatoms.